The van der Waals surface area contributed by atoms with Crippen LogP contribution in [0.15, 0.2) is 243 Å². The molecule has 7 heteroatoms. The molecule has 0 aliphatic carbocycles. The molecule has 0 N–H and O–H groups in total. The van der Waals surface area contributed by atoms with Gasteiger partial charge in [0.25, 0.3) is 13.4 Å². The summed E-state index contributed by atoms with van der Waals surface area (Å²) in [6.07, 6.45) is 0. The van der Waals surface area contributed by atoms with Gasteiger partial charge in [-0.15, -0.1) is 11.3 Å². The Hall–Kier alpha value is -9.29. The minimum Gasteiger partial charge on any atom is -0.311 e. The van der Waals surface area contributed by atoms with E-state index in [0.29, 0.717) is 11.8 Å². The molecule has 0 bridgehead atoms. The molecule has 4 nitrogen and oxygen atoms in total. The quantitative estimate of drug-likeness (QED) is 0.127. The lowest BCUT2D eigenvalue weighted by Gasteiger charge is -2.47. The van der Waals surface area contributed by atoms with Crippen molar-refractivity contribution in [3.05, 3.63) is 265 Å². The molecule has 12 aromatic rings. The summed E-state index contributed by atoms with van der Waals surface area (Å²) in [5.41, 5.74) is 30.6. The van der Waals surface area contributed by atoms with Gasteiger partial charge in [-0.1, -0.05) is 207 Å². The summed E-state index contributed by atoms with van der Waals surface area (Å²) in [5, 5.41) is 2.68. The summed E-state index contributed by atoms with van der Waals surface area (Å²) < 4.78 is 0. The number of hydrogen-bond acceptors (Lipinski definition) is 5. The second-order valence-corrected chi connectivity index (χ2v) is 26.5. The second kappa shape index (κ2) is 20.7. The summed E-state index contributed by atoms with van der Waals surface area (Å²) in [5.74, 6) is 1.26. The zero-order chi connectivity index (χ0) is 58.9. The molecule has 1 aromatic heterocycles. The zero-order valence-electron chi connectivity index (χ0n) is 50.8. The second-order valence-electron chi connectivity index (χ2n) is 25.5. The SMILES string of the molecule is CC(C)c1cccc(C(C)C)c1-c1sc(-c2c(C(C)C)cc(N3c4ccccc4B4c5cc6c(cc5N(c5ccccc5)c5cccc3c54)N(c3ccccc3)c3cccc4c3B6c3ccccc3N4c3ccccc3)cc2C(C)C)c2ccccc12. The summed E-state index contributed by atoms with van der Waals surface area (Å²) in [6, 6.07) is 92.1. The number of hydrogen-bond donors (Lipinski definition) is 0. The molecule has 0 radical (unpaired) electrons. The van der Waals surface area contributed by atoms with E-state index in [1.165, 1.54) is 138 Å². The lowest BCUT2D eigenvalue weighted by molar-refractivity contribution is 0.838. The molecular weight excluding hydrogens is 1070 g/mol. The van der Waals surface area contributed by atoms with Crippen LogP contribution < -0.4 is 52.4 Å². The molecule has 5 heterocycles. The predicted octanol–water partition coefficient (Wildman–Crippen LogP) is 18.9. The Kier molecular flexibility index (Phi) is 12.7. The van der Waals surface area contributed by atoms with Gasteiger partial charge in [0, 0.05) is 88.8 Å². The Labute approximate surface area is 517 Å². The van der Waals surface area contributed by atoms with Crippen molar-refractivity contribution in [3.8, 4) is 20.9 Å². The van der Waals surface area contributed by atoms with E-state index < -0.39 is 0 Å². The minimum atomic E-state index is -0.0702. The lowest BCUT2D eigenvalue weighted by Crippen LogP contribution is -2.65. The maximum atomic E-state index is 2.64. The fourth-order valence-electron chi connectivity index (χ4n) is 15.4. The van der Waals surface area contributed by atoms with E-state index in [1.807, 2.05) is 11.3 Å². The van der Waals surface area contributed by atoms with E-state index in [4.69, 9.17) is 0 Å². The van der Waals surface area contributed by atoms with Crippen LogP contribution in [0.2, 0.25) is 0 Å². The van der Waals surface area contributed by atoms with Gasteiger partial charge < -0.3 is 19.6 Å². The number of nitrogens with zero attached hydrogens (tertiary/aromatic N) is 4. The molecule has 0 saturated heterocycles. The van der Waals surface area contributed by atoms with Crippen LogP contribution >= 0.6 is 11.3 Å². The van der Waals surface area contributed by atoms with Crippen molar-refractivity contribution in [1.82, 2.24) is 0 Å². The summed E-state index contributed by atoms with van der Waals surface area (Å²) >= 11 is 2.01. The highest BCUT2D eigenvalue weighted by molar-refractivity contribution is 7.21. The molecule has 0 saturated carbocycles. The molecular formula is C80H68B2N4S. The van der Waals surface area contributed by atoms with Crippen LogP contribution in [0, 0.1) is 0 Å². The number of thiophene rings is 1. The van der Waals surface area contributed by atoms with Crippen LogP contribution in [-0.4, -0.2) is 13.4 Å². The number of para-hydroxylation sites is 5. The van der Waals surface area contributed by atoms with Gasteiger partial charge in [-0.05, 0) is 181 Å². The van der Waals surface area contributed by atoms with Gasteiger partial charge in [-0.25, -0.2) is 0 Å². The fourth-order valence-corrected chi connectivity index (χ4v) is 16.8. The van der Waals surface area contributed by atoms with Gasteiger partial charge in [-0.3, -0.25) is 0 Å². The van der Waals surface area contributed by atoms with Crippen LogP contribution in [0.5, 0.6) is 0 Å². The maximum Gasteiger partial charge on any atom is 0.252 e. The Morgan fingerprint density at radius 1 is 0.264 bits per heavy atom. The van der Waals surface area contributed by atoms with Crippen molar-refractivity contribution < 1.29 is 0 Å². The average Bonchev–Trinajstić information content (AvgIpc) is 1.17. The monoisotopic (exact) mass is 1140 g/mol. The van der Waals surface area contributed by atoms with Crippen molar-refractivity contribution in [2.45, 2.75) is 79.1 Å². The molecule has 0 atom stereocenters. The molecule has 11 aromatic carbocycles. The minimum absolute atomic E-state index is 0.0362. The van der Waals surface area contributed by atoms with Crippen molar-refractivity contribution in [2.75, 3.05) is 19.6 Å². The highest BCUT2D eigenvalue weighted by Crippen LogP contribution is 2.54. The molecule has 0 amide bonds. The van der Waals surface area contributed by atoms with E-state index in [1.54, 1.807) is 0 Å². The van der Waals surface area contributed by atoms with Gasteiger partial charge >= 0.3 is 0 Å². The van der Waals surface area contributed by atoms with Crippen molar-refractivity contribution in [3.63, 3.8) is 0 Å². The van der Waals surface area contributed by atoms with Crippen molar-refractivity contribution >= 4 is 137 Å². The fraction of sp³-hybridized carbons (Fsp3) is 0.150. The third kappa shape index (κ3) is 8.11. The highest BCUT2D eigenvalue weighted by atomic mass is 32.1. The average molecular weight is 1140 g/mol. The third-order valence-electron chi connectivity index (χ3n) is 19.1. The molecule has 0 fully saturated rings. The predicted molar refractivity (Wildman–Crippen MR) is 377 cm³/mol. The normalized spacial score (nSPS) is 13.6. The van der Waals surface area contributed by atoms with Crippen molar-refractivity contribution in [2.24, 2.45) is 0 Å². The third-order valence-corrected chi connectivity index (χ3v) is 20.4. The van der Waals surface area contributed by atoms with E-state index in [9.17, 15) is 0 Å². The Bertz CT molecular complexity index is 4650. The van der Waals surface area contributed by atoms with E-state index in [0.717, 1.165) is 17.1 Å². The standard InChI is InChI=1S/C80H68B2N4S/c1-49(2)57-35-24-36-58(50(3)4)75(57)79-59-33-18-19-34-60(59)80(87-79)76-61(51(5)6)45-56(46-62(76)52(7)8)86-68-40-23-21-38-64(68)82-66-47-65-73(48-74(66)85(55-31-16-11-17-32-55)71-43-26-44-72(86)78(71)82)84(54-29-14-10-15-30-54)70-42-25-41-69-77(70)81(65)63-37-20-22-39-67(63)83(69)53-27-12-9-13-28-53/h9-52H,1-8H3. The highest BCUT2D eigenvalue weighted by Gasteiger charge is 2.48. The van der Waals surface area contributed by atoms with E-state index >= 15 is 0 Å². The Morgan fingerprint density at radius 2 is 0.586 bits per heavy atom. The van der Waals surface area contributed by atoms with Gasteiger partial charge in [0.05, 0.1) is 0 Å². The maximum absolute atomic E-state index is 2.64. The summed E-state index contributed by atoms with van der Waals surface area (Å²) in [7, 11) is 0. The Morgan fingerprint density at radius 3 is 0.989 bits per heavy atom. The van der Waals surface area contributed by atoms with Crippen molar-refractivity contribution in [1.29, 1.82) is 0 Å². The first-order valence-electron chi connectivity index (χ1n) is 31.4. The largest absolute Gasteiger partial charge is 0.311 e. The molecule has 87 heavy (non-hydrogen) atoms. The zero-order valence-corrected chi connectivity index (χ0v) is 51.6. The molecule has 4 aliphatic rings. The first kappa shape index (κ1) is 53.2. The molecule has 16 rings (SSSR count). The molecule has 0 spiro atoms. The van der Waals surface area contributed by atoms with E-state index in [2.05, 4.69) is 318 Å². The van der Waals surface area contributed by atoms with Crippen LogP contribution in [0.1, 0.15) is 101 Å². The van der Waals surface area contributed by atoms with Gasteiger partial charge in [0.1, 0.15) is 0 Å². The topological polar surface area (TPSA) is 13.0 Å². The molecule has 0 unspecified atom stereocenters. The van der Waals surface area contributed by atoms with Gasteiger partial charge in [0.15, 0.2) is 0 Å². The van der Waals surface area contributed by atoms with Crippen LogP contribution in [0.25, 0.3) is 31.7 Å². The van der Waals surface area contributed by atoms with Crippen LogP contribution in [0.4, 0.5) is 68.2 Å². The Balaban J connectivity index is 0.934. The lowest BCUT2D eigenvalue weighted by atomic mass is 9.30. The van der Waals surface area contributed by atoms with Gasteiger partial charge in [-0.2, -0.15) is 0 Å². The number of benzene rings is 11. The molecule has 4 aliphatic heterocycles. The van der Waals surface area contributed by atoms with Crippen LogP contribution in [0.3, 0.4) is 0 Å². The first-order chi connectivity index (χ1) is 42.5. The summed E-state index contributed by atoms with van der Waals surface area (Å²) in [4.78, 5) is 13.0. The van der Waals surface area contributed by atoms with E-state index in [-0.39, 0.29) is 25.3 Å². The summed E-state index contributed by atoms with van der Waals surface area (Å²) in [6.45, 7) is 18.9. The number of rotatable bonds is 10. The molecule has 420 valence electrons. The van der Waals surface area contributed by atoms with Crippen LogP contribution in [-0.2, 0) is 0 Å². The smallest absolute Gasteiger partial charge is 0.252 e. The van der Waals surface area contributed by atoms with Gasteiger partial charge in [0.2, 0.25) is 0 Å². The number of anilines is 12. The first-order valence-corrected chi connectivity index (χ1v) is 32.2. The number of fused-ring (bicyclic) bond motifs is 9.